The van der Waals surface area contributed by atoms with Crippen LogP contribution in [0.25, 0.3) is 0 Å². The van der Waals surface area contributed by atoms with Crippen molar-refractivity contribution in [3.05, 3.63) is 30.3 Å². The summed E-state index contributed by atoms with van der Waals surface area (Å²) >= 11 is 0. The average Bonchev–Trinajstić information content (AvgIpc) is 2.76. The number of hydrogen-bond acceptors (Lipinski definition) is 4. The van der Waals surface area contributed by atoms with Crippen LogP contribution in [0.5, 0.6) is 0 Å². The highest BCUT2D eigenvalue weighted by Gasteiger charge is 2.22. The Bertz CT molecular complexity index is 554. The molecule has 1 aliphatic heterocycles. The Hall–Kier alpha value is -1.89. The monoisotopic (exact) mass is 267 g/mol. The van der Waals surface area contributed by atoms with Crippen molar-refractivity contribution in [3.63, 3.8) is 0 Å². The molecule has 1 heterocycles. The number of benzene rings is 1. The molecule has 1 fully saturated rings. The topological polar surface area (TPSA) is 87.6 Å². The molecule has 0 radical (unpaired) electrons. The number of rotatable bonds is 4. The fourth-order valence-electron chi connectivity index (χ4n) is 1.60. The predicted molar refractivity (Wildman–Crippen MR) is 66.4 cm³/mol. The maximum atomic E-state index is 11.8. The number of nitrogens with one attached hydrogen (secondary N) is 2. The Labute approximate surface area is 105 Å². The molecule has 1 unspecified atom stereocenters. The Morgan fingerprint density at radius 3 is 2.67 bits per heavy atom. The lowest BCUT2D eigenvalue weighted by Gasteiger charge is -2.03. The number of hydrogen-bond donors (Lipinski definition) is 2. The summed E-state index contributed by atoms with van der Waals surface area (Å²) in [5.74, 6) is -0.485. The minimum absolute atomic E-state index is 0.127. The van der Waals surface area contributed by atoms with Crippen LogP contribution in [0.15, 0.2) is 40.3 Å². The van der Waals surface area contributed by atoms with E-state index in [1.54, 1.807) is 18.2 Å². The SMILES string of the molecule is O=C1NCCC1C=NNS(=O)(=O)c1ccccc1. The Morgan fingerprint density at radius 2 is 2.06 bits per heavy atom. The summed E-state index contributed by atoms with van der Waals surface area (Å²) in [5.41, 5.74) is 0. The minimum Gasteiger partial charge on any atom is -0.356 e. The van der Waals surface area contributed by atoms with Crippen molar-refractivity contribution in [1.29, 1.82) is 0 Å². The van der Waals surface area contributed by atoms with Crippen molar-refractivity contribution in [1.82, 2.24) is 10.1 Å². The molecule has 0 bridgehead atoms. The van der Waals surface area contributed by atoms with Crippen LogP contribution in [-0.2, 0) is 14.8 Å². The van der Waals surface area contributed by atoms with E-state index in [-0.39, 0.29) is 16.7 Å². The van der Waals surface area contributed by atoms with Crippen LogP contribution >= 0.6 is 0 Å². The van der Waals surface area contributed by atoms with Gasteiger partial charge in [-0.2, -0.15) is 13.5 Å². The summed E-state index contributed by atoms with van der Waals surface area (Å²) in [5, 5.41) is 6.27. The zero-order valence-corrected chi connectivity index (χ0v) is 10.4. The van der Waals surface area contributed by atoms with Crippen molar-refractivity contribution < 1.29 is 13.2 Å². The minimum atomic E-state index is -3.65. The van der Waals surface area contributed by atoms with E-state index in [0.29, 0.717) is 13.0 Å². The van der Waals surface area contributed by atoms with Crippen LogP contribution in [0.3, 0.4) is 0 Å². The van der Waals surface area contributed by atoms with Gasteiger partial charge in [0.25, 0.3) is 10.0 Å². The summed E-state index contributed by atoms with van der Waals surface area (Å²) in [7, 11) is -3.65. The lowest BCUT2D eigenvalue weighted by Crippen LogP contribution is -2.22. The second-order valence-corrected chi connectivity index (χ2v) is 5.53. The highest BCUT2D eigenvalue weighted by atomic mass is 32.2. The van der Waals surface area contributed by atoms with Gasteiger partial charge in [0, 0.05) is 12.8 Å². The van der Waals surface area contributed by atoms with Crippen molar-refractivity contribution >= 4 is 22.1 Å². The lowest BCUT2D eigenvalue weighted by atomic mass is 10.1. The third-order valence-corrected chi connectivity index (χ3v) is 3.81. The zero-order chi connectivity index (χ0) is 13.0. The standard InChI is InChI=1S/C11H13N3O3S/c15-11-9(6-7-12-11)8-13-14-18(16,17)10-4-2-1-3-5-10/h1-5,8-9,14H,6-7H2,(H,12,15). The van der Waals surface area contributed by atoms with Gasteiger partial charge in [-0.15, -0.1) is 0 Å². The molecule has 6 nitrogen and oxygen atoms in total. The molecule has 1 saturated heterocycles. The third kappa shape index (κ3) is 2.86. The molecule has 1 aromatic rings. The number of carbonyl (C=O) groups is 1. The maximum absolute atomic E-state index is 11.8. The Kier molecular flexibility index (Phi) is 3.61. The van der Waals surface area contributed by atoms with E-state index in [4.69, 9.17) is 0 Å². The van der Waals surface area contributed by atoms with Crippen molar-refractivity contribution in [2.24, 2.45) is 11.0 Å². The van der Waals surface area contributed by atoms with Crippen molar-refractivity contribution in [3.8, 4) is 0 Å². The Morgan fingerprint density at radius 1 is 1.33 bits per heavy atom. The highest BCUT2D eigenvalue weighted by Crippen LogP contribution is 2.08. The van der Waals surface area contributed by atoms with Gasteiger partial charge in [-0.1, -0.05) is 18.2 Å². The molecule has 2 rings (SSSR count). The Balaban J connectivity index is 2.02. The smallest absolute Gasteiger partial charge is 0.276 e. The molecule has 96 valence electrons. The number of sulfonamides is 1. The van der Waals surface area contributed by atoms with Gasteiger partial charge in [0.1, 0.15) is 0 Å². The van der Waals surface area contributed by atoms with Gasteiger partial charge in [0.15, 0.2) is 0 Å². The molecule has 1 atom stereocenters. The predicted octanol–water partition coefficient (Wildman–Crippen LogP) is 0.0868. The first-order chi connectivity index (χ1) is 8.59. The van der Waals surface area contributed by atoms with Crippen LogP contribution < -0.4 is 10.1 Å². The van der Waals surface area contributed by atoms with E-state index in [1.165, 1.54) is 18.3 Å². The highest BCUT2D eigenvalue weighted by molar-refractivity contribution is 7.89. The van der Waals surface area contributed by atoms with Crippen LogP contribution in [0.1, 0.15) is 6.42 Å². The van der Waals surface area contributed by atoms with E-state index in [9.17, 15) is 13.2 Å². The fourth-order valence-corrected chi connectivity index (χ4v) is 2.42. The summed E-state index contributed by atoms with van der Waals surface area (Å²) in [6.07, 6.45) is 1.96. The van der Waals surface area contributed by atoms with E-state index in [1.807, 2.05) is 0 Å². The zero-order valence-electron chi connectivity index (χ0n) is 9.54. The molecule has 0 saturated carbocycles. The van der Waals surface area contributed by atoms with Gasteiger partial charge in [-0.05, 0) is 18.6 Å². The molecule has 0 spiro atoms. The van der Waals surface area contributed by atoms with E-state index < -0.39 is 10.0 Å². The first kappa shape index (κ1) is 12.6. The largest absolute Gasteiger partial charge is 0.356 e. The molecule has 7 heteroatoms. The molecular weight excluding hydrogens is 254 g/mol. The number of carbonyl (C=O) groups excluding carboxylic acids is 1. The summed E-state index contributed by atoms with van der Waals surface area (Å²) in [6.45, 7) is 0.598. The molecule has 18 heavy (non-hydrogen) atoms. The lowest BCUT2D eigenvalue weighted by molar-refractivity contribution is -0.120. The van der Waals surface area contributed by atoms with Gasteiger partial charge >= 0.3 is 0 Å². The normalized spacial score (nSPS) is 20.0. The number of nitrogens with zero attached hydrogens (tertiary/aromatic N) is 1. The van der Waals surface area contributed by atoms with Crippen molar-refractivity contribution in [2.45, 2.75) is 11.3 Å². The second-order valence-electron chi connectivity index (χ2n) is 3.87. The molecule has 1 aromatic carbocycles. The first-order valence-electron chi connectivity index (χ1n) is 5.47. The summed E-state index contributed by atoms with van der Waals surface area (Å²) in [4.78, 5) is 13.4. The van der Waals surface area contributed by atoms with Gasteiger partial charge in [-0.3, -0.25) is 4.79 Å². The van der Waals surface area contributed by atoms with Gasteiger partial charge in [0.05, 0.1) is 10.8 Å². The molecular formula is C11H13N3O3S. The van der Waals surface area contributed by atoms with E-state index in [2.05, 4.69) is 15.2 Å². The molecule has 1 amide bonds. The maximum Gasteiger partial charge on any atom is 0.276 e. The number of amides is 1. The first-order valence-corrected chi connectivity index (χ1v) is 6.96. The third-order valence-electron chi connectivity index (χ3n) is 2.57. The van der Waals surface area contributed by atoms with Crippen molar-refractivity contribution in [2.75, 3.05) is 6.54 Å². The quantitative estimate of drug-likeness (QED) is 0.598. The average molecular weight is 267 g/mol. The molecule has 0 aromatic heterocycles. The fraction of sp³-hybridized carbons (Fsp3) is 0.273. The van der Waals surface area contributed by atoms with E-state index >= 15 is 0 Å². The molecule has 1 aliphatic rings. The second kappa shape index (κ2) is 5.18. The number of hydrazone groups is 1. The van der Waals surface area contributed by atoms with Crippen LogP contribution in [0.2, 0.25) is 0 Å². The van der Waals surface area contributed by atoms with Crippen LogP contribution in [0.4, 0.5) is 0 Å². The van der Waals surface area contributed by atoms with Crippen LogP contribution in [-0.4, -0.2) is 27.1 Å². The van der Waals surface area contributed by atoms with Gasteiger partial charge in [0.2, 0.25) is 5.91 Å². The molecule has 0 aliphatic carbocycles. The van der Waals surface area contributed by atoms with Gasteiger partial charge in [-0.25, -0.2) is 4.83 Å². The van der Waals surface area contributed by atoms with E-state index in [0.717, 1.165) is 0 Å². The van der Waals surface area contributed by atoms with Crippen LogP contribution in [0, 0.1) is 5.92 Å². The summed E-state index contributed by atoms with van der Waals surface area (Å²) in [6, 6.07) is 7.93. The molecule has 2 N–H and O–H groups in total. The van der Waals surface area contributed by atoms with Gasteiger partial charge < -0.3 is 5.32 Å². The summed E-state index contributed by atoms with van der Waals surface area (Å²) < 4.78 is 23.5.